The van der Waals surface area contributed by atoms with Gasteiger partial charge in [0.1, 0.15) is 11.6 Å². The monoisotopic (exact) mass is 513 g/mol. The minimum absolute atomic E-state index is 0.0138. The van der Waals surface area contributed by atoms with Crippen molar-refractivity contribution in [3.8, 4) is 17.6 Å². The molecule has 0 unspecified atom stereocenters. The van der Waals surface area contributed by atoms with Gasteiger partial charge in [0.25, 0.3) is 0 Å². The first kappa shape index (κ1) is 25.8. The number of methoxy groups -OCH3 is 1. The Morgan fingerprint density at radius 3 is 2.47 bits per heavy atom. The lowest BCUT2D eigenvalue weighted by Gasteiger charge is -2.57. The average Bonchev–Trinajstić information content (AvgIpc) is 2.93. The highest BCUT2D eigenvalue weighted by Crippen LogP contribution is 2.42. The van der Waals surface area contributed by atoms with Gasteiger partial charge in [0.15, 0.2) is 0 Å². The molecule has 0 saturated carbocycles. The van der Waals surface area contributed by atoms with Crippen LogP contribution >= 0.6 is 0 Å². The zero-order chi connectivity index (χ0) is 26.5. The highest BCUT2D eigenvalue weighted by molar-refractivity contribution is 5.89. The molecule has 0 radical (unpaired) electrons. The summed E-state index contributed by atoms with van der Waals surface area (Å²) in [6.45, 7) is 2.24. The molecule has 2 saturated heterocycles. The molecule has 2 aliphatic heterocycles. The number of amides is 2. The molecule has 0 aliphatic carbocycles. The second-order valence-electron chi connectivity index (χ2n) is 9.74. The lowest BCUT2D eigenvalue weighted by atomic mass is 9.74. The summed E-state index contributed by atoms with van der Waals surface area (Å²) in [6, 6.07) is 21.8. The second kappa shape index (κ2) is 11.7. The maximum absolute atomic E-state index is 13.9. The molecule has 5 rings (SSSR count). The normalized spacial score (nSPS) is 21.1. The van der Waals surface area contributed by atoms with E-state index in [9.17, 15) is 14.3 Å². The Kier molecular flexibility index (Phi) is 7.92. The topological polar surface area (TPSA) is 65.0 Å². The molecular weight excluding hydrogens is 481 g/mol. The maximum atomic E-state index is 13.9. The van der Waals surface area contributed by atoms with Crippen LogP contribution in [0.25, 0.3) is 0 Å². The number of hydrogen-bond donors (Lipinski definition) is 2. The van der Waals surface area contributed by atoms with Crippen molar-refractivity contribution in [2.24, 2.45) is 0 Å². The van der Waals surface area contributed by atoms with E-state index >= 15 is 0 Å². The predicted molar refractivity (Wildman–Crippen MR) is 146 cm³/mol. The van der Waals surface area contributed by atoms with E-state index in [-0.39, 0.29) is 36.5 Å². The molecule has 2 heterocycles. The van der Waals surface area contributed by atoms with Crippen molar-refractivity contribution < 1.29 is 19.0 Å². The molecule has 3 aromatic carbocycles. The van der Waals surface area contributed by atoms with Crippen molar-refractivity contribution in [1.29, 1.82) is 0 Å². The van der Waals surface area contributed by atoms with Gasteiger partial charge < -0.3 is 20.1 Å². The first-order chi connectivity index (χ1) is 18.6. The Morgan fingerprint density at radius 2 is 1.76 bits per heavy atom. The summed E-state index contributed by atoms with van der Waals surface area (Å²) < 4.78 is 19.1. The average molecular weight is 514 g/mol. The van der Waals surface area contributed by atoms with Crippen LogP contribution in [0.5, 0.6) is 5.75 Å². The smallest absolute Gasteiger partial charge is 0.321 e. The van der Waals surface area contributed by atoms with Crippen molar-refractivity contribution in [2.45, 2.75) is 30.8 Å². The third kappa shape index (κ3) is 5.52. The van der Waals surface area contributed by atoms with E-state index in [1.54, 1.807) is 25.3 Å². The minimum Gasteiger partial charge on any atom is -0.497 e. The number of anilines is 1. The molecule has 2 amide bonds. The second-order valence-corrected chi connectivity index (χ2v) is 9.74. The summed E-state index contributed by atoms with van der Waals surface area (Å²) >= 11 is 0. The van der Waals surface area contributed by atoms with Gasteiger partial charge in [-0.15, -0.1) is 0 Å². The van der Waals surface area contributed by atoms with Crippen LogP contribution in [-0.2, 0) is 0 Å². The van der Waals surface area contributed by atoms with Crippen LogP contribution < -0.4 is 10.1 Å². The molecule has 38 heavy (non-hydrogen) atoms. The maximum Gasteiger partial charge on any atom is 0.321 e. The Labute approximate surface area is 223 Å². The minimum atomic E-state index is -0.332. The zero-order valence-corrected chi connectivity index (χ0v) is 21.4. The van der Waals surface area contributed by atoms with Crippen molar-refractivity contribution in [2.75, 3.05) is 38.7 Å². The van der Waals surface area contributed by atoms with Crippen LogP contribution in [0, 0.1) is 17.7 Å². The van der Waals surface area contributed by atoms with Gasteiger partial charge >= 0.3 is 6.03 Å². The fourth-order valence-corrected chi connectivity index (χ4v) is 5.49. The molecule has 0 aromatic heterocycles. The molecule has 2 aliphatic rings. The Morgan fingerprint density at radius 1 is 1.03 bits per heavy atom. The standard InChI is InChI=1S/C31H32FN3O3/c1-38-26-16-14-25(15-17-26)33-31(37)34-18-4-5-19-35-28(20-34)30(29(35)21-36)24-12-9-22(10-13-24)8-11-23-6-2-3-7-27(23)32/h2-3,6-7,9-10,12-17,28-30,36H,4-5,18-21H2,1H3,(H,33,37)/t28-,29+,30+/m0/s1. The Balaban J connectivity index is 1.31. The number of fused-ring (bicyclic) bond motifs is 1. The van der Waals surface area contributed by atoms with Crippen LogP contribution in [0.1, 0.15) is 35.4 Å². The fraction of sp³-hybridized carbons (Fsp3) is 0.323. The van der Waals surface area contributed by atoms with Crippen LogP contribution in [0.4, 0.5) is 14.9 Å². The Hall–Kier alpha value is -3.86. The molecule has 7 heteroatoms. The number of nitrogens with zero attached hydrogens (tertiary/aromatic N) is 2. The molecule has 0 bridgehead atoms. The lowest BCUT2D eigenvalue weighted by Crippen LogP contribution is -2.68. The number of ether oxygens (including phenoxy) is 1. The molecule has 3 atom stereocenters. The van der Waals surface area contributed by atoms with E-state index < -0.39 is 0 Å². The molecule has 2 N–H and O–H groups in total. The van der Waals surface area contributed by atoms with Gasteiger partial charge in [0, 0.05) is 42.3 Å². The summed E-state index contributed by atoms with van der Waals surface area (Å²) in [5.74, 6) is 6.44. The zero-order valence-electron chi connectivity index (χ0n) is 21.4. The first-order valence-corrected chi connectivity index (χ1v) is 13.0. The van der Waals surface area contributed by atoms with Crippen LogP contribution in [0.15, 0.2) is 72.8 Å². The lowest BCUT2D eigenvalue weighted by molar-refractivity contribution is -0.0585. The summed E-state index contributed by atoms with van der Waals surface area (Å²) in [5.41, 5.74) is 3.00. The predicted octanol–water partition coefficient (Wildman–Crippen LogP) is 4.69. The van der Waals surface area contributed by atoms with E-state index in [1.165, 1.54) is 6.07 Å². The van der Waals surface area contributed by atoms with Crippen molar-refractivity contribution >= 4 is 11.7 Å². The number of aliphatic hydroxyl groups is 1. The SMILES string of the molecule is COc1ccc(NC(=O)N2CCCCN3[C@H](CO)[C@H](c4ccc(C#Cc5ccccc5F)cc4)[C@@H]3C2)cc1. The van der Waals surface area contributed by atoms with Crippen molar-refractivity contribution in [3.63, 3.8) is 0 Å². The van der Waals surface area contributed by atoms with Gasteiger partial charge in [0.2, 0.25) is 0 Å². The number of benzene rings is 3. The molecule has 0 spiro atoms. The number of rotatable bonds is 4. The van der Waals surface area contributed by atoms with Gasteiger partial charge in [-0.3, -0.25) is 4.90 Å². The number of halogens is 1. The van der Waals surface area contributed by atoms with E-state index in [0.717, 1.165) is 42.0 Å². The number of aliphatic hydroxyl groups excluding tert-OH is 1. The first-order valence-electron chi connectivity index (χ1n) is 13.0. The summed E-state index contributed by atoms with van der Waals surface area (Å²) in [7, 11) is 1.61. The third-order valence-corrected chi connectivity index (χ3v) is 7.51. The van der Waals surface area contributed by atoms with Gasteiger partial charge in [-0.2, -0.15) is 0 Å². The number of carbonyl (C=O) groups excluding carboxylic acids is 1. The van der Waals surface area contributed by atoms with Gasteiger partial charge in [-0.05, 0) is 73.5 Å². The molecule has 6 nitrogen and oxygen atoms in total. The summed E-state index contributed by atoms with van der Waals surface area (Å²) in [5, 5.41) is 13.2. The van der Waals surface area contributed by atoms with Crippen LogP contribution in [0.3, 0.4) is 0 Å². The number of urea groups is 1. The highest BCUT2D eigenvalue weighted by Gasteiger charge is 2.49. The third-order valence-electron chi connectivity index (χ3n) is 7.51. The summed E-state index contributed by atoms with van der Waals surface area (Å²) in [4.78, 5) is 17.4. The van der Waals surface area contributed by atoms with Gasteiger partial charge in [0.05, 0.1) is 19.3 Å². The largest absolute Gasteiger partial charge is 0.497 e. The molecule has 196 valence electrons. The van der Waals surface area contributed by atoms with Crippen molar-refractivity contribution in [1.82, 2.24) is 9.80 Å². The highest BCUT2D eigenvalue weighted by atomic mass is 19.1. The Bertz CT molecular complexity index is 1320. The quantitative estimate of drug-likeness (QED) is 0.497. The van der Waals surface area contributed by atoms with Crippen LogP contribution in [0.2, 0.25) is 0 Å². The molecular formula is C31H32FN3O3. The fourth-order valence-electron chi connectivity index (χ4n) is 5.49. The van der Waals surface area contributed by atoms with E-state index in [1.807, 2.05) is 53.4 Å². The molecule has 2 fully saturated rings. The van der Waals surface area contributed by atoms with Crippen LogP contribution in [-0.4, -0.2) is 66.4 Å². The van der Waals surface area contributed by atoms with Gasteiger partial charge in [-0.25, -0.2) is 9.18 Å². The molecule has 3 aromatic rings. The van der Waals surface area contributed by atoms with E-state index in [4.69, 9.17) is 4.74 Å². The number of nitrogens with one attached hydrogen (secondary N) is 1. The van der Waals surface area contributed by atoms with Gasteiger partial charge in [-0.1, -0.05) is 36.1 Å². The summed E-state index contributed by atoms with van der Waals surface area (Å²) in [6.07, 6.45) is 1.88. The van der Waals surface area contributed by atoms with E-state index in [2.05, 4.69) is 22.1 Å². The van der Waals surface area contributed by atoms with Crippen molar-refractivity contribution in [3.05, 3.63) is 95.3 Å². The van der Waals surface area contributed by atoms with E-state index in [0.29, 0.717) is 18.7 Å². The number of hydrogen-bond acceptors (Lipinski definition) is 4. The number of carbonyl (C=O) groups is 1.